The molecule has 2 saturated heterocycles. The zero-order valence-corrected chi connectivity index (χ0v) is 36.6. The van der Waals surface area contributed by atoms with Gasteiger partial charge in [-0.15, -0.1) is 11.6 Å². The van der Waals surface area contributed by atoms with Gasteiger partial charge in [0.05, 0.1) is 17.8 Å². The number of ether oxygens (including phenoxy) is 3. The average Bonchev–Trinajstić information content (AvgIpc) is 3.79. The molecule has 8 rings (SSSR count). The van der Waals surface area contributed by atoms with Gasteiger partial charge in [-0.3, -0.25) is 9.69 Å². The van der Waals surface area contributed by atoms with E-state index in [0.29, 0.717) is 67.8 Å². The Hall–Kier alpha value is -4.59. The van der Waals surface area contributed by atoms with Crippen molar-refractivity contribution in [2.75, 3.05) is 55.1 Å². The van der Waals surface area contributed by atoms with Crippen molar-refractivity contribution in [1.82, 2.24) is 15.1 Å². The second kappa shape index (κ2) is 18.2. The fraction of sp³-hybridized carbons (Fsp3) is 0.435. The van der Waals surface area contributed by atoms with Gasteiger partial charge in [0, 0.05) is 73.3 Å². The number of anilines is 1. The van der Waals surface area contributed by atoms with Gasteiger partial charge in [-0.1, -0.05) is 101 Å². The quantitative estimate of drug-likeness (QED) is 0.0945. The lowest BCUT2D eigenvalue weighted by Crippen LogP contribution is -2.65. The molecule has 0 radical (unpaired) electrons. The smallest absolute Gasteiger partial charge is 0.415 e. The zero-order chi connectivity index (χ0) is 42.0. The van der Waals surface area contributed by atoms with Crippen LogP contribution in [0.4, 0.5) is 20.1 Å². The summed E-state index contributed by atoms with van der Waals surface area (Å²) in [6.45, 7) is 7.35. The minimum absolute atomic E-state index is 0.00997. The summed E-state index contributed by atoms with van der Waals surface area (Å²) >= 11 is 6.45. The normalized spacial score (nSPS) is 19.6. The predicted molar refractivity (Wildman–Crippen MR) is 239 cm³/mol. The summed E-state index contributed by atoms with van der Waals surface area (Å²) in [4.78, 5) is 59.1. The van der Waals surface area contributed by atoms with E-state index in [4.69, 9.17) is 25.8 Å². The molecule has 1 N–H and O–H groups in total. The van der Waals surface area contributed by atoms with Crippen molar-refractivity contribution in [3.8, 4) is 16.9 Å². The Morgan fingerprint density at radius 3 is 2.12 bits per heavy atom. The summed E-state index contributed by atoms with van der Waals surface area (Å²) < 4.78 is 17.7. The molecule has 4 amide bonds. The Kier molecular flexibility index (Phi) is 12.8. The first-order valence-electron chi connectivity index (χ1n) is 20.8. The molecule has 1 aliphatic carbocycles. The Morgan fingerprint density at radius 1 is 0.800 bits per heavy atom. The third-order valence-corrected chi connectivity index (χ3v) is 14.6. The molecule has 3 aliphatic heterocycles. The largest absolute Gasteiger partial charge is 0.449 e. The van der Waals surface area contributed by atoms with Crippen LogP contribution in [0.5, 0.6) is 5.75 Å². The van der Waals surface area contributed by atoms with Crippen molar-refractivity contribution in [3.63, 3.8) is 0 Å². The Labute approximate surface area is 364 Å². The van der Waals surface area contributed by atoms with Crippen LogP contribution in [0.15, 0.2) is 78.9 Å². The molecule has 0 aromatic heterocycles. The van der Waals surface area contributed by atoms with Crippen LogP contribution in [-0.4, -0.2) is 102 Å². The first-order chi connectivity index (χ1) is 29.0. The molecule has 3 heterocycles. The molecule has 60 heavy (non-hydrogen) atoms. The molecule has 4 aliphatic rings. The number of alkyl halides is 1. The molecule has 316 valence electrons. The number of amides is 4. The molecule has 0 saturated carbocycles. The first kappa shape index (κ1) is 42.1. The van der Waals surface area contributed by atoms with Gasteiger partial charge in [0.25, 0.3) is 0 Å². The number of piperazine rings is 1. The van der Waals surface area contributed by atoms with Gasteiger partial charge in [-0.25, -0.2) is 14.4 Å². The Morgan fingerprint density at radius 2 is 1.43 bits per heavy atom. The fourth-order valence-corrected chi connectivity index (χ4v) is 11.9. The summed E-state index contributed by atoms with van der Waals surface area (Å²) in [6, 6.07) is 25.7. The second-order valence-corrected chi connectivity index (χ2v) is 19.6. The molecule has 11 nitrogen and oxygen atoms in total. The standard InChI is InChI=1S/C46H51ClN4O7S2/c1-46(2,3)58-45(55)51-25-29(24-47)42-35-18-11-10-17-34(35)40(23-37(42)51)57-44(54)50-22-21-49(38-27-59-60-28-39(38)50)41(52)19-5-4-12-20-48-43(53)56-26-36-32-15-8-6-13-30(32)31-14-7-9-16-33(31)36/h6-11,13-18,23,29,36,38-39H,4-5,12,19-22,24-28H2,1-3H3,(H,48,53)/t29-,38-,39-/m1/s1. The number of halogens is 1. The van der Waals surface area contributed by atoms with Crippen molar-refractivity contribution in [2.45, 2.75) is 76.0 Å². The Balaban J connectivity index is 0.837. The van der Waals surface area contributed by atoms with Crippen molar-refractivity contribution in [1.29, 1.82) is 0 Å². The van der Waals surface area contributed by atoms with Crippen LogP contribution in [0.1, 0.15) is 75.0 Å². The van der Waals surface area contributed by atoms with Gasteiger partial charge in [0.2, 0.25) is 5.91 Å². The molecule has 0 unspecified atom stereocenters. The maximum absolute atomic E-state index is 14.1. The van der Waals surface area contributed by atoms with Crippen LogP contribution in [-0.2, 0) is 14.3 Å². The van der Waals surface area contributed by atoms with Crippen molar-refractivity contribution < 1.29 is 33.4 Å². The minimum Gasteiger partial charge on any atom is -0.449 e. The highest BCUT2D eigenvalue weighted by molar-refractivity contribution is 8.76. The number of nitrogens with zero attached hydrogens (tertiary/aromatic N) is 3. The lowest BCUT2D eigenvalue weighted by atomic mass is 9.95. The van der Waals surface area contributed by atoms with Crippen LogP contribution >= 0.6 is 33.2 Å². The molecule has 0 spiro atoms. The van der Waals surface area contributed by atoms with Gasteiger partial charge in [-0.2, -0.15) is 0 Å². The van der Waals surface area contributed by atoms with E-state index in [1.165, 1.54) is 22.3 Å². The van der Waals surface area contributed by atoms with Crippen LogP contribution < -0.4 is 15.0 Å². The van der Waals surface area contributed by atoms with E-state index in [1.807, 2.05) is 74.2 Å². The minimum atomic E-state index is -0.689. The molecule has 4 aromatic rings. The van der Waals surface area contributed by atoms with Crippen molar-refractivity contribution >= 4 is 73.8 Å². The fourth-order valence-electron chi connectivity index (χ4n) is 8.96. The molecule has 4 aromatic carbocycles. The van der Waals surface area contributed by atoms with E-state index in [9.17, 15) is 19.2 Å². The number of fused-ring (bicyclic) bond motifs is 7. The monoisotopic (exact) mass is 870 g/mol. The van der Waals surface area contributed by atoms with Gasteiger partial charge in [0.15, 0.2) is 0 Å². The van der Waals surface area contributed by atoms with E-state index in [1.54, 1.807) is 37.5 Å². The van der Waals surface area contributed by atoms with E-state index >= 15 is 0 Å². The molecule has 3 atom stereocenters. The number of benzene rings is 4. The SMILES string of the molecule is CC(C)(C)OC(=O)N1C[C@@H](CCl)c2c1cc(OC(=O)N1CCN(C(=O)CCCCCNC(=O)OCC3c4ccccc4-c4ccccc43)[C@@H]3CSSC[C@H]31)c1ccccc21. The van der Waals surface area contributed by atoms with Gasteiger partial charge < -0.3 is 29.3 Å². The summed E-state index contributed by atoms with van der Waals surface area (Å²) in [7, 11) is 3.42. The van der Waals surface area contributed by atoms with Crippen LogP contribution in [0.25, 0.3) is 21.9 Å². The number of carbonyl (C=O) groups excluding carboxylic acids is 4. The van der Waals surface area contributed by atoms with Crippen LogP contribution in [0.3, 0.4) is 0 Å². The molecular weight excluding hydrogens is 820 g/mol. The highest BCUT2D eigenvalue weighted by Gasteiger charge is 2.44. The van der Waals surface area contributed by atoms with Crippen LogP contribution in [0.2, 0.25) is 0 Å². The zero-order valence-electron chi connectivity index (χ0n) is 34.2. The number of rotatable bonds is 10. The molecule has 2 fully saturated rings. The van der Waals surface area contributed by atoms with E-state index in [-0.39, 0.29) is 36.4 Å². The number of hydrogen-bond donors (Lipinski definition) is 1. The number of nitrogens with one attached hydrogen (secondary N) is 1. The summed E-state index contributed by atoms with van der Waals surface area (Å²) in [6.07, 6.45) is 1.22. The molecular formula is C46H51ClN4O7S2. The molecule has 0 bridgehead atoms. The highest BCUT2D eigenvalue weighted by Crippen LogP contribution is 2.47. The number of unbranched alkanes of at least 4 members (excludes halogenated alkanes) is 2. The first-order valence-corrected chi connectivity index (χ1v) is 23.8. The third-order valence-electron chi connectivity index (χ3n) is 11.7. The molecule has 14 heteroatoms. The third kappa shape index (κ3) is 8.76. The predicted octanol–water partition coefficient (Wildman–Crippen LogP) is 9.79. The van der Waals surface area contributed by atoms with Crippen LogP contribution in [0, 0.1) is 0 Å². The second-order valence-electron chi connectivity index (χ2n) is 16.7. The summed E-state index contributed by atoms with van der Waals surface area (Å²) in [5.41, 5.74) is 5.60. The lowest BCUT2D eigenvalue weighted by Gasteiger charge is -2.48. The van der Waals surface area contributed by atoms with Gasteiger partial charge in [0.1, 0.15) is 18.0 Å². The number of hydrogen-bond acceptors (Lipinski definition) is 9. The number of carbonyl (C=O) groups is 4. The van der Waals surface area contributed by atoms with Crippen molar-refractivity contribution in [2.24, 2.45) is 0 Å². The highest BCUT2D eigenvalue weighted by atomic mass is 35.5. The average molecular weight is 872 g/mol. The summed E-state index contributed by atoms with van der Waals surface area (Å²) in [5, 5.41) is 4.52. The maximum Gasteiger partial charge on any atom is 0.415 e. The Bertz CT molecular complexity index is 2220. The van der Waals surface area contributed by atoms with Gasteiger partial charge >= 0.3 is 18.3 Å². The maximum atomic E-state index is 14.1. The van der Waals surface area contributed by atoms with E-state index in [2.05, 4.69) is 29.6 Å². The topological polar surface area (TPSA) is 118 Å². The number of alkyl carbamates (subject to hydrolysis) is 1. The van der Waals surface area contributed by atoms with Crippen molar-refractivity contribution in [3.05, 3.63) is 95.6 Å². The van der Waals surface area contributed by atoms with E-state index < -0.39 is 23.9 Å². The van der Waals surface area contributed by atoms with Gasteiger partial charge in [-0.05, 0) is 66.8 Å². The lowest BCUT2D eigenvalue weighted by molar-refractivity contribution is -0.136. The summed E-state index contributed by atoms with van der Waals surface area (Å²) in [5.74, 6) is 2.03. The van der Waals surface area contributed by atoms with E-state index in [0.717, 1.165) is 29.2 Å².